The van der Waals surface area contributed by atoms with E-state index in [1.165, 1.54) is 44.9 Å². The largest absolute Gasteiger partial charge is 0.0651 e. The fourth-order valence-corrected chi connectivity index (χ4v) is 2.82. The van der Waals surface area contributed by atoms with E-state index >= 15 is 0 Å². The highest BCUT2D eigenvalue weighted by molar-refractivity contribution is 4.76. The lowest BCUT2D eigenvalue weighted by molar-refractivity contribution is 0.336. The topological polar surface area (TPSA) is 0 Å². The Morgan fingerprint density at radius 1 is 1.15 bits per heavy atom. The van der Waals surface area contributed by atoms with Gasteiger partial charge in [0.2, 0.25) is 0 Å². The molecule has 0 nitrogen and oxygen atoms in total. The Balaban J connectivity index is 2.13. The lowest BCUT2D eigenvalue weighted by Gasteiger charge is -2.18. The van der Waals surface area contributed by atoms with Gasteiger partial charge in [0.05, 0.1) is 0 Å². The number of hydrogen-bond donors (Lipinski definition) is 0. The quantitative estimate of drug-likeness (QED) is 0.581. The molecular weight excluding hydrogens is 156 g/mol. The Hall–Kier alpha value is 0. The molecule has 0 N–H and O–H groups in total. The van der Waals surface area contributed by atoms with Gasteiger partial charge in [0, 0.05) is 0 Å². The Morgan fingerprint density at radius 3 is 2.46 bits per heavy atom. The van der Waals surface area contributed by atoms with Gasteiger partial charge in [0.1, 0.15) is 0 Å². The summed E-state index contributed by atoms with van der Waals surface area (Å²) in [6.07, 6.45) is 10.4. The molecule has 0 aromatic rings. The molecule has 0 aromatic carbocycles. The van der Waals surface area contributed by atoms with Gasteiger partial charge < -0.3 is 0 Å². The minimum Gasteiger partial charge on any atom is -0.0651 e. The van der Waals surface area contributed by atoms with Crippen LogP contribution in [0.5, 0.6) is 0 Å². The molecule has 0 heterocycles. The molecule has 0 bridgehead atoms. The van der Waals surface area contributed by atoms with Gasteiger partial charge >= 0.3 is 0 Å². The van der Waals surface area contributed by atoms with Crippen molar-refractivity contribution in [2.45, 2.75) is 65.7 Å². The first-order chi connectivity index (χ1) is 6.24. The molecule has 13 heavy (non-hydrogen) atoms. The molecule has 1 aliphatic rings. The van der Waals surface area contributed by atoms with E-state index < -0.39 is 0 Å². The first kappa shape index (κ1) is 11.1. The molecule has 0 radical (unpaired) electrons. The standard InChI is InChI=1S/C13H26/c1-4-12-8-6-10-13(12)9-5-7-11(2)3/h11-13H,4-10H2,1-3H3. The van der Waals surface area contributed by atoms with E-state index in [0.29, 0.717) is 0 Å². The van der Waals surface area contributed by atoms with Crippen LogP contribution in [0.25, 0.3) is 0 Å². The summed E-state index contributed by atoms with van der Waals surface area (Å²) in [5.74, 6) is 3.07. The molecule has 0 spiro atoms. The molecular formula is C13H26. The van der Waals surface area contributed by atoms with Crippen molar-refractivity contribution < 1.29 is 0 Å². The van der Waals surface area contributed by atoms with Gasteiger partial charge in [-0.25, -0.2) is 0 Å². The van der Waals surface area contributed by atoms with Crippen molar-refractivity contribution in [2.75, 3.05) is 0 Å². The molecule has 0 aromatic heterocycles. The Morgan fingerprint density at radius 2 is 1.85 bits per heavy atom. The Labute approximate surface area is 84.1 Å². The summed E-state index contributed by atoms with van der Waals surface area (Å²) in [5.41, 5.74) is 0. The van der Waals surface area contributed by atoms with Gasteiger partial charge in [0.15, 0.2) is 0 Å². The van der Waals surface area contributed by atoms with Crippen LogP contribution in [-0.2, 0) is 0 Å². The molecule has 0 heteroatoms. The van der Waals surface area contributed by atoms with E-state index in [4.69, 9.17) is 0 Å². The Kier molecular flexibility index (Phi) is 4.83. The van der Waals surface area contributed by atoms with Crippen LogP contribution < -0.4 is 0 Å². The molecule has 0 saturated heterocycles. The smallest absolute Gasteiger partial charge is 0.0386 e. The fraction of sp³-hybridized carbons (Fsp3) is 1.00. The van der Waals surface area contributed by atoms with Crippen molar-refractivity contribution in [3.63, 3.8) is 0 Å². The first-order valence-electron chi connectivity index (χ1n) is 6.24. The molecule has 0 aliphatic heterocycles. The maximum Gasteiger partial charge on any atom is -0.0386 e. The van der Waals surface area contributed by atoms with Crippen LogP contribution in [0, 0.1) is 17.8 Å². The third-order valence-electron chi connectivity index (χ3n) is 3.70. The normalized spacial score (nSPS) is 28.6. The molecule has 0 amide bonds. The SMILES string of the molecule is CCC1CCCC1CCCC(C)C. The molecule has 1 fully saturated rings. The first-order valence-corrected chi connectivity index (χ1v) is 6.24. The number of hydrogen-bond acceptors (Lipinski definition) is 0. The van der Waals surface area contributed by atoms with Crippen molar-refractivity contribution in [1.29, 1.82) is 0 Å². The van der Waals surface area contributed by atoms with E-state index in [1.807, 2.05) is 0 Å². The predicted molar refractivity (Wildman–Crippen MR) is 59.8 cm³/mol. The summed E-state index contributed by atoms with van der Waals surface area (Å²) in [7, 11) is 0. The van der Waals surface area contributed by atoms with Crippen molar-refractivity contribution in [3.8, 4) is 0 Å². The minimum absolute atomic E-state index is 0.904. The predicted octanol–water partition coefficient (Wildman–Crippen LogP) is 4.64. The van der Waals surface area contributed by atoms with Crippen LogP contribution in [0.3, 0.4) is 0 Å². The van der Waals surface area contributed by atoms with Crippen molar-refractivity contribution in [2.24, 2.45) is 17.8 Å². The van der Waals surface area contributed by atoms with Gasteiger partial charge in [-0.15, -0.1) is 0 Å². The lowest BCUT2D eigenvalue weighted by Crippen LogP contribution is -2.06. The minimum atomic E-state index is 0.904. The molecule has 2 atom stereocenters. The summed E-state index contributed by atoms with van der Waals surface area (Å²) in [4.78, 5) is 0. The van der Waals surface area contributed by atoms with Gasteiger partial charge in [-0.05, 0) is 17.8 Å². The summed E-state index contributed by atoms with van der Waals surface area (Å²) in [5, 5.41) is 0. The van der Waals surface area contributed by atoms with Crippen molar-refractivity contribution in [1.82, 2.24) is 0 Å². The molecule has 1 aliphatic carbocycles. The maximum atomic E-state index is 2.37. The second-order valence-electron chi connectivity index (χ2n) is 5.18. The van der Waals surface area contributed by atoms with Crippen molar-refractivity contribution in [3.05, 3.63) is 0 Å². The second kappa shape index (κ2) is 5.67. The fourth-order valence-electron chi connectivity index (χ4n) is 2.82. The summed E-state index contributed by atoms with van der Waals surface area (Å²) in [6, 6.07) is 0. The van der Waals surface area contributed by atoms with E-state index in [2.05, 4.69) is 20.8 Å². The summed E-state index contributed by atoms with van der Waals surface area (Å²) < 4.78 is 0. The van der Waals surface area contributed by atoms with E-state index in [-0.39, 0.29) is 0 Å². The third kappa shape index (κ3) is 3.70. The van der Waals surface area contributed by atoms with Crippen LogP contribution in [0.15, 0.2) is 0 Å². The summed E-state index contributed by atoms with van der Waals surface area (Å²) >= 11 is 0. The molecule has 78 valence electrons. The third-order valence-corrected chi connectivity index (χ3v) is 3.70. The highest BCUT2D eigenvalue weighted by Crippen LogP contribution is 2.37. The van der Waals surface area contributed by atoms with Gasteiger partial charge in [0.25, 0.3) is 0 Å². The van der Waals surface area contributed by atoms with Crippen LogP contribution in [0.2, 0.25) is 0 Å². The molecule has 1 rings (SSSR count). The van der Waals surface area contributed by atoms with Crippen molar-refractivity contribution >= 4 is 0 Å². The highest BCUT2D eigenvalue weighted by atomic mass is 14.3. The average molecular weight is 182 g/mol. The zero-order chi connectivity index (χ0) is 9.68. The monoisotopic (exact) mass is 182 g/mol. The molecule has 1 saturated carbocycles. The lowest BCUT2D eigenvalue weighted by atomic mass is 9.88. The number of rotatable bonds is 5. The van der Waals surface area contributed by atoms with Gasteiger partial charge in [-0.2, -0.15) is 0 Å². The zero-order valence-corrected chi connectivity index (χ0v) is 9.68. The van der Waals surface area contributed by atoms with E-state index in [9.17, 15) is 0 Å². The van der Waals surface area contributed by atoms with Gasteiger partial charge in [-0.1, -0.05) is 65.7 Å². The van der Waals surface area contributed by atoms with E-state index in [0.717, 1.165) is 17.8 Å². The van der Waals surface area contributed by atoms with E-state index in [1.54, 1.807) is 0 Å². The zero-order valence-electron chi connectivity index (χ0n) is 9.68. The van der Waals surface area contributed by atoms with Crippen LogP contribution in [0.4, 0.5) is 0 Å². The maximum absolute atomic E-state index is 2.37. The second-order valence-corrected chi connectivity index (χ2v) is 5.18. The Bertz CT molecular complexity index is 126. The highest BCUT2D eigenvalue weighted by Gasteiger charge is 2.24. The molecule has 2 unspecified atom stereocenters. The average Bonchev–Trinajstić information content (AvgIpc) is 2.51. The van der Waals surface area contributed by atoms with Gasteiger partial charge in [-0.3, -0.25) is 0 Å². The van der Waals surface area contributed by atoms with Crippen LogP contribution >= 0.6 is 0 Å². The van der Waals surface area contributed by atoms with Crippen LogP contribution in [-0.4, -0.2) is 0 Å². The van der Waals surface area contributed by atoms with Crippen LogP contribution in [0.1, 0.15) is 65.7 Å². The summed E-state index contributed by atoms with van der Waals surface area (Å²) in [6.45, 7) is 7.04.